The molecule has 0 bridgehead atoms. The standard InChI is InChI=1S/C17H14Cl2N4O4S/c18-14-2-1-3-16(17(14)19)28(26,27)22-8-6-21(7-9-22)15-5-4-13(23(24)25)10-12(15)11-20/h1-5,10H,6-9H2. The Hall–Kier alpha value is -2.38. The van der Waals surface area contributed by atoms with Crippen molar-refractivity contribution in [2.45, 2.75) is 4.90 Å². The molecule has 1 heterocycles. The number of non-ortho nitro benzene ring substituents is 1. The first kappa shape index (κ1) is 20.4. The van der Waals surface area contributed by atoms with Gasteiger partial charge in [0.05, 0.1) is 26.2 Å². The molecule has 1 aliphatic rings. The third kappa shape index (κ3) is 3.77. The van der Waals surface area contributed by atoms with Crippen LogP contribution in [0.4, 0.5) is 11.4 Å². The molecule has 28 heavy (non-hydrogen) atoms. The lowest BCUT2D eigenvalue weighted by atomic mass is 10.1. The van der Waals surface area contributed by atoms with E-state index in [2.05, 4.69) is 0 Å². The van der Waals surface area contributed by atoms with E-state index in [1.54, 1.807) is 0 Å². The van der Waals surface area contributed by atoms with Gasteiger partial charge in [-0.2, -0.15) is 9.57 Å². The smallest absolute Gasteiger partial charge is 0.270 e. The van der Waals surface area contributed by atoms with E-state index in [1.807, 2.05) is 11.0 Å². The number of nitrogens with zero attached hydrogens (tertiary/aromatic N) is 4. The van der Waals surface area contributed by atoms with Gasteiger partial charge in [-0.1, -0.05) is 29.3 Å². The fourth-order valence-corrected chi connectivity index (χ4v) is 5.15. The molecule has 0 unspecified atom stereocenters. The molecule has 146 valence electrons. The summed E-state index contributed by atoms with van der Waals surface area (Å²) in [5.41, 5.74) is 0.534. The average Bonchev–Trinajstić information content (AvgIpc) is 2.69. The Kier molecular flexibility index (Phi) is 5.76. The highest BCUT2D eigenvalue weighted by Gasteiger charge is 2.31. The summed E-state index contributed by atoms with van der Waals surface area (Å²) < 4.78 is 27.1. The second kappa shape index (κ2) is 7.93. The number of rotatable bonds is 4. The lowest BCUT2D eigenvalue weighted by Crippen LogP contribution is -2.48. The number of piperazine rings is 1. The Bertz CT molecular complexity index is 1080. The highest BCUT2D eigenvalue weighted by molar-refractivity contribution is 7.89. The molecule has 0 amide bonds. The van der Waals surface area contributed by atoms with Crippen LogP contribution in [0.3, 0.4) is 0 Å². The van der Waals surface area contributed by atoms with Gasteiger partial charge in [0.1, 0.15) is 11.0 Å². The highest BCUT2D eigenvalue weighted by atomic mass is 35.5. The Balaban J connectivity index is 1.81. The van der Waals surface area contributed by atoms with Crippen LogP contribution >= 0.6 is 23.2 Å². The van der Waals surface area contributed by atoms with Crippen LogP contribution in [-0.4, -0.2) is 43.8 Å². The van der Waals surface area contributed by atoms with Crippen molar-refractivity contribution < 1.29 is 13.3 Å². The quantitative estimate of drug-likeness (QED) is 0.532. The summed E-state index contributed by atoms with van der Waals surface area (Å²) in [4.78, 5) is 12.1. The second-order valence-corrected chi connectivity index (χ2v) is 8.70. The summed E-state index contributed by atoms with van der Waals surface area (Å²) in [5, 5.41) is 20.3. The fourth-order valence-electron chi connectivity index (χ4n) is 2.99. The Labute approximate surface area is 171 Å². The summed E-state index contributed by atoms with van der Waals surface area (Å²) in [7, 11) is -3.82. The van der Waals surface area contributed by atoms with Crippen molar-refractivity contribution in [3.63, 3.8) is 0 Å². The summed E-state index contributed by atoms with van der Waals surface area (Å²) in [6.45, 7) is 0.994. The molecule has 0 aliphatic carbocycles. The first-order valence-electron chi connectivity index (χ1n) is 8.13. The molecule has 0 spiro atoms. The number of benzene rings is 2. The Morgan fingerprint density at radius 2 is 1.79 bits per heavy atom. The van der Waals surface area contributed by atoms with E-state index in [1.165, 1.54) is 40.7 Å². The molecule has 0 atom stereocenters. The van der Waals surface area contributed by atoms with Gasteiger partial charge < -0.3 is 4.90 Å². The van der Waals surface area contributed by atoms with Gasteiger partial charge in [0.15, 0.2) is 0 Å². The summed E-state index contributed by atoms with van der Waals surface area (Å²) in [6, 6.07) is 10.4. The van der Waals surface area contributed by atoms with Crippen molar-refractivity contribution in [2.24, 2.45) is 0 Å². The normalized spacial score (nSPS) is 15.2. The van der Waals surface area contributed by atoms with E-state index >= 15 is 0 Å². The molecule has 0 radical (unpaired) electrons. The molecule has 0 aromatic heterocycles. The summed E-state index contributed by atoms with van der Waals surface area (Å²) >= 11 is 12.0. The van der Waals surface area contributed by atoms with Crippen molar-refractivity contribution in [3.05, 3.63) is 62.1 Å². The van der Waals surface area contributed by atoms with Gasteiger partial charge in [-0.3, -0.25) is 10.1 Å². The van der Waals surface area contributed by atoms with Crippen LogP contribution in [-0.2, 0) is 10.0 Å². The molecule has 0 saturated carbocycles. The minimum atomic E-state index is -3.82. The number of hydrogen-bond acceptors (Lipinski definition) is 6. The number of halogens is 2. The van der Waals surface area contributed by atoms with Gasteiger partial charge in [0, 0.05) is 38.3 Å². The Morgan fingerprint density at radius 3 is 2.39 bits per heavy atom. The van der Waals surface area contributed by atoms with Gasteiger partial charge in [0.25, 0.3) is 5.69 Å². The monoisotopic (exact) mass is 440 g/mol. The molecule has 2 aromatic carbocycles. The highest BCUT2D eigenvalue weighted by Crippen LogP contribution is 2.32. The zero-order valence-electron chi connectivity index (χ0n) is 14.4. The van der Waals surface area contributed by atoms with Crippen molar-refractivity contribution in [1.29, 1.82) is 5.26 Å². The number of nitro benzene ring substituents is 1. The molecule has 3 rings (SSSR count). The molecule has 2 aromatic rings. The zero-order chi connectivity index (χ0) is 20.5. The maximum atomic E-state index is 12.9. The zero-order valence-corrected chi connectivity index (χ0v) is 16.7. The number of hydrogen-bond donors (Lipinski definition) is 0. The molecule has 1 saturated heterocycles. The van der Waals surface area contributed by atoms with Gasteiger partial charge in [-0.25, -0.2) is 8.42 Å². The lowest BCUT2D eigenvalue weighted by molar-refractivity contribution is -0.384. The minimum Gasteiger partial charge on any atom is -0.368 e. The number of sulfonamides is 1. The molecule has 8 nitrogen and oxygen atoms in total. The van der Waals surface area contributed by atoms with E-state index in [4.69, 9.17) is 23.2 Å². The van der Waals surface area contributed by atoms with E-state index in [9.17, 15) is 23.8 Å². The van der Waals surface area contributed by atoms with Crippen molar-refractivity contribution >= 4 is 44.6 Å². The molecule has 1 fully saturated rings. The van der Waals surface area contributed by atoms with E-state index in [0.717, 1.165) is 0 Å². The van der Waals surface area contributed by atoms with Gasteiger partial charge in [-0.05, 0) is 18.2 Å². The second-order valence-electron chi connectivity index (χ2n) is 6.01. The van der Waals surface area contributed by atoms with E-state index < -0.39 is 14.9 Å². The SMILES string of the molecule is N#Cc1cc([N+](=O)[O-])ccc1N1CCN(S(=O)(=O)c2cccc(Cl)c2Cl)CC1. The number of anilines is 1. The van der Waals surface area contributed by atoms with Gasteiger partial charge in [-0.15, -0.1) is 0 Å². The van der Waals surface area contributed by atoms with E-state index in [0.29, 0.717) is 18.8 Å². The average molecular weight is 441 g/mol. The minimum absolute atomic E-state index is 0.0197. The lowest BCUT2D eigenvalue weighted by Gasteiger charge is -2.35. The van der Waals surface area contributed by atoms with Crippen LogP contribution in [0, 0.1) is 21.4 Å². The largest absolute Gasteiger partial charge is 0.368 e. The Morgan fingerprint density at radius 1 is 1.11 bits per heavy atom. The maximum Gasteiger partial charge on any atom is 0.270 e. The molecular weight excluding hydrogens is 427 g/mol. The molecular formula is C17H14Cl2N4O4S. The summed E-state index contributed by atoms with van der Waals surface area (Å²) in [6.07, 6.45) is 0. The van der Waals surface area contributed by atoms with Crippen LogP contribution < -0.4 is 4.90 Å². The summed E-state index contributed by atoms with van der Waals surface area (Å²) in [5.74, 6) is 0. The number of nitriles is 1. The first-order valence-corrected chi connectivity index (χ1v) is 10.3. The van der Waals surface area contributed by atoms with Crippen LogP contribution in [0.5, 0.6) is 0 Å². The van der Waals surface area contributed by atoms with Crippen LogP contribution in [0.1, 0.15) is 5.56 Å². The third-order valence-electron chi connectivity index (χ3n) is 4.42. The van der Waals surface area contributed by atoms with Crippen molar-refractivity contribution in [2.75, 3.05) is 31.1 Å². The maximum absolute atomic E-state index is 12.9. The predicted molar refractivity (Wildman–Crippen MR) is 105 cm³/mol. The molecule has 11 heteroatoms. The fraction of sp³-hybridized carbons (Fsp3) is 0.235. The third-order valence-corrected chi connectivity index (χ3v) is 7.30. The first-order chi connectivity index (χ1) is 13.3. The van der Waals surface area contributed by atoms with Crippen LogP contribution in [0.15, 0.2) is 41.3 Å². The van der Waals surface area contributed by atoms with Crippen LogP contribution in [0.25, 0.3) is 0 Å². The van der Waals surface area contributed by atoms with Gasteiger partial charge >= 0.3 is 0 Å². The topological polar surface area (TPSA) is 108 Å². The predicted octanol–water partition coefficient (Wildman–Crippen LogP) is 3.28. The molecule has 0 N–H and O–H groups in total. The van der Waals surface area contributed by atoms with Gasteiger partial charge in [0.2, 0.25) is 10.0 Å². The van der Waals surface area contributed by atoms with E-state index in [-0.39, 0.29) is 39.3 Å². The molecule has 1 aliphatic heterocycles. The van der Waals surface area contributed by atoms with Crippen LogP contribution in [0.2, 0.25) is 10.0 Å². The van der Waals surface area contributed by atoms with Crippen molar-refractivity contribution in [1.82, 2.24) is 4.31 Å². The van der Waals surface area contributed by atoms with Crippen molar-refractivity contribution in [3.8, 4) is 6.07 Å². The number of nitro groups is 1.